The summed E-state index contributed by atoms with van der Waals surface area (Å²) in [6.45, 7) is 6.19. The molecule has 0 atom stereocenters. The second-order valence-electron chi connectivity index (χ2n) is 4.78. The molecule has 1 aromatic rings. The van der Waals surface area contributed by atoms with Crippen molar-refractivity contribution in [1.82, 2.24) is 14.9 Å². The lowest BCUT2D eigenvalue weighted by Crippen LogP contribution is -2.44. The van der Waals surface area contributed by atoms with Crippen LogP contribution < -0.4 is 4.90 Å². The van der Waals surface area contributed by atoms with Crippen molar-refractivity contribution in [3.8, 4) is 0 Å². The Labute approximate surface area is 108 Å². The molecule has 1 fully saturated rings. The van der Waals surface area contributed by atoms with Crippen LogP contribution in [0.25, 0.3) is 0 Å². The third-order valence-corrected chi connectivity index (χ3v) is 3.29. The molecule has 18 heavy (non-hydrogen) atoms. The number of hydrogen-bond donors (Lipinski definition) is 1. The van der Waals surface area contributed by atoms with Crippen LogP contribution >= 0.6 is 0 Å². The van der Waals surface area contributed by atoms with Gasteiger partial charge in [0.05, 0.1) is 11.4 Å². The summed E-state index contributed by atoms with van der Waals surface area (Å²) in [6, 6.07) is 1.95. The molecule has 0 unspecified atom stereocenters. The third kappa shape index (κ3) is 3.04. The highest BCUT2D eigenvalue weighted by atomic mass is 15.3. The van der Waals surface area contributed by atoms with Gasteiger partial charge in [-0.1, -0.05) is 13.3 Å². The fraction of sp³-hybridized carbons (Fsp3) is 0.615. The molecule has 1 aliphatic heterocycles. The molecule has 5 heteroatoms. The molecule has 0 saturated carbocycles. The highest BCUT2D eigenvalue weighted by Crippen LogP contribution is 2.14. The summed E-state index contributed by atoms with van der Waals surface area (Å²) in [6.07, 6.45) is 3.33. The quantitative estimate of drug-likeness (QED) is 0.817. The van der Waals surface area contributed by atoms with Gasteiger partial charge < -0.3 is 15.2 Å². The third-order valence-electron chi connectivity index (χ3n) is 3.29. The summed E-state index contributed by atoms with van der Waals surface area (Å²) in [5.74, 6) is 0.953. The number of likely N-dealkylation sites (N-methyl/N-ethyl adjacent to an activating group) is 1. The predicted octanol–water partition coefficient (Wildman–Crippen LogP) is 1.40. The molecule has 2 heterocycles. The fourth-order valence-electron chi connectivity index (χ4n) is 2.10. The number of piperazine rings is 1. The van der Waals surface area contributed by atoms with Crippen molar-refractivity contribution >= 4 is 11.5 Å². The van der Waals surface area contributed by atoms with Crippen LogP contribution in [0.5, 0.6) is 0 Å². The van der Waals surface area contributed by atoms with Gasteiger partial charge in [-0.3, -0.25) is 0 Å². The molecule has 0 amide bonds. The first-order valence-electron chi connectivity index (χ1n) is 6.54. The van der Waals surface area contributed by atoms with E-state index in [-0.39, 0.29) is 0 Å². The van der Waals surface area contributed by atoms with E-state index in [9.17, 15) is 0 Å². The van der Waals surface area contributed by atoms with E-state index in [1.807, 2.05) is 6.07 Å². The number of nitrogens with zero attached hydrogens (tertiary/aromatic N) is 4. The lowest BCUT2D eigenvalue weighted by Gasteiger charge is -2.33. The van der Waals surface area contributed by atoms with Crippen molar-refractivity contribution < 1.29 is 0 Å². The average molecular weight is 247 g/mol. The van der Waals surface area contributed by atoms with Crippen molar-refractivity contribution in [1.29, 1.82) is 5.41 Å². The number of rotatable bonds is 4. The molecule has 0 aromatic carbocycles. The highest BCUT2D eigenvalue weighted by molar-refractivity contribution is 5.96. The lowest BCUT2D eigenvalue weighted by atomic mass is 10.1. The van der Waals surface area contributed by atoms with Crippen LogP contribution in [0.4, 0.5) is 5.82 Å². The summed E-state index contributed by atoms with van der Waals surface area (Å²) in [5.41, 5.74) is 1.37. The standard InChI is InChI=1S/C13H21N5/c1-3-4-11(14)12-9-13(16-10-15-12)18-7-5-17(2)6-8-18/h9-10,14H,3-8H2,1-2H3. The van der Waals surface area contributed by atoms with Crippen LogP contribution in [0.2, 0.25) is 0 Å². The van der Waals surface area contributed by atoms with Gasteiger partial charge in [0.1, 0.15) is 12.1 Å². The summed E-state index contributed by atoms with van der Waals surface area (Å²) in [7, 11) is 2.14. The Morgan fingerprint density at radius 2 is 2.00 bits per heavy atom. The second kappa shape index (κ2) is 5.91. The number of hydrogen-bond acceptors (Lipinski definition) is 5. The van der Waals surface area contributed by atoms with Crippen molar-refractivity contribution in [2.45, 2.75) is 19.8 Å². The van der Waals surface area contributed by atoms with Crippen molar-refractivity contribution in [2.24, 2.45) is 0 Å². The molecule has 1 aromatic heterocycles. The second-order valence-corrected chi connectivity index (χ2v) is 4.78. The maximum absolute atomic E-state index is 7.96. The Bertz CT molecular complexity index is 410. The first kappa shape index (κ1) is 13.0. The van der Waals surface area contributed by atoms with Gasteiger partial charge in [-0.2, -0.15) is 0 Å². The minimum atomic E-state index is 0.607. The predicted molar refractivity (Wildman–Crippen MR) is 73.5 cm³/mol. The van der Waals surface area contributed by atoms with Gasteiger partial charge in [0.25, 0.3) is 0 Å². The van der Waals surface area contributed by atoms with Crippen molar-refractivity contribution in [3.63, 3.8) is 0 Å². The topological polar surface area (TPSA) is 56.1 Å². The van der Waals surface area contributed by atoms with Crippen LogP contribution in [-0.2, 0) is 0 Å². The SMILES string of the molecule is CCCC(=N)c1cc(N2CCN(C)CC2)ncn1. The summed E-state index contributed by atoms with van der Waals surface area (Å²) >= 11 is 0. The minimum Gasteiger partial charge on any atom is -0.354 e. The van der Waals surface area contributed by atoms with E-state index in [0.717, 1.165) is 50.5 Å². The molecule has 0 aliphatic carbocycles. The summed E-state index contributed by atoms with van der Waals surface area (Å²) in [4.78, 5) is 13.1. The van der Waals surface area contributed by atoms with Gasteiger partial charge in [-0.15, -0.1) is 0 Å². The fourth-order valence-corrected chi connectivity index (χ4v) is 2.10. The van der Waals surface area contributed by atoms with Crippen LogP contribution in [0.3, 0.4) is 0 Å². The average Bonchev–Trinajstić information content (AvgIpc) is 2.40. The molecule has 1 N–H and O–H groups in total. The monoisotopic (exact) mass is 247 g/mol. The Hall–Kier alpha value is -1.49. The molecular weight excluding hydrogens is 226 g/mol. The van der Waals surface area contributed by atoms with E-state index in [2.05, 4.69) is 33.7 Å². The van der Waals surface area contributed by atoms with Gasteiger partial charge in [-0.25, -0.2) is 9.97 Å². The van der Waals surface area contributed by atoms with Crippen LogP contribution in [0.15, 0.2) is 12.4 Å². The van der Waals surface area contributed by atoms with E-state index < -0.39 is 0 Å². The van der Waals surface area contributed by atoms with Gasteiger partial charge >= 0.3 is 0 Å². The molecule has 0 radical (unpaired) electrons. The minimum absolute atomic E-state index is 0.607. The zero-order valence-electron chi connectivity index (χ0n) is 11.2. The van der Waals surface area contributed by atoms with Crippen LogP contribution in [0, 0.1) is 5.41 Å². The Kier molecular flexibility index (Phi) is 4.25. The molecule has 5 nitrogen and oxygen atoms in total. The van der Waals surface area contributed by atoms with Gasteiger partial charge in [0.15, 0.2) is 0 Å². The zero-order chi connectivity index (χ0) is 13.0. The number of nitrogens with one attached hydrogen (secondary N) is 1. The number of aromatic nitrogens is 2. The van der Waals surface area contributed by atoms with E-state index >= 15 is 0 Å². The Balaban J connectivity index is 2.09. The van der Waals surface area contributed by atoms with Crippen LogP contribution in [0.1, 0.15) is 25.5 Å². The van der Waals surface area contributed by atoms with Gasteiger partial charge in [-0.05, 0) is 13.5 Å². The Morgan fingerprint density at radius 3 is 2.67 bits per heavy atom. The van der Waals surface area contributed by atoms with E-state index in [0.29, 0.717) is 5.71 Å². The van der Waals surface area contributed by atoms with Gasteiger partial charge in [0, 0.05) is 32.2 Å². The van der Waals surface area contributed by atoms with E-state index in [1.165, 1.54) is 0 Å². The molecular formula is C13H21N5. The summed E-state index contributed by atoms with van der Waals surface area (Å²) in [5, 5.41) is 7.96. The first-order chi connectivity index (χ1) is 8.70. The maximum Gasteiger partial charge on any atom is 0.132 e. The largest absolute Gasteiger partial charge is 0.354 e. The van der Waals surface area contributed by atoms with E-state index in [1.54, 1.807) is 6.33 Å². The number of anilines is 1. The molecule has 2 rings (SSSR count). The molecule has 98 valence electrons. The smallest absolute Gasteiger partial charge is 0.132 e. The molecule has 1 aliphatic rings. The lowest BCUT2D eigenvalue weighted by molar-refractivity contribution is 0.312. The maximum atomic E-state index is 7.96. The van der Waals surface area contributed by atoms with E-state index in [4.69, 9.17) is 5.41 Å². The molecule has 0 bridgehead atoms. The molecule has 1 saturated heterocycles. The zero-order valence-corrected chi connectivity index (χ0v) is 11.2. The summed E-state index contributed by atoms with van der Waals surface area (Å²) < 4.78 is 0. The highest BCUT2D eigenvalue weighted by Gasteiger charge is 2.16. The Morgan fingerprint density at radius 1 is 1.28 bits per heavy atom. The van der Waals surface area contributed by atoms with Crippen LogP contribution in [-0.4, -0.2) is 53.8 Å². The van der Waals surface area contributed by atoms with Crippen molar-refractivity contribution in [3.05, 3.63) is 18.1 Å². The first-order valence-corrected chi connectivity index (χ1v) is 6.54. The normalized spacial score (nSPS) is 16.9. The van der Waals surface area contributed by atoms with Crippen molar-refractivity contribution in [2.75, 3.05) is 38.1 Å². The molecule has 0 spiro atoms. The van der Waals surface area contributed by atoms with Gasteiger partial charge in [0.2, 0.25) is 0 Å².